The molecule has 1 aliphatic carbocycles. The third-order valence-electron chi connectivity index (χ3n) is 3.02. The zero-order chi connectivity index (χ0) is 10.9. The van der Waals surface area contributed by atoms with Gasteiger partial charge in [-0.3, -0.25) is 4.98 Å². The average Bonchev–Trinajstić information content (AvgIpc) is 3.00. The van der Waals surface area contributed by atoms with Crippen LogP contribution in [0.15, 0.2) is 18.3 Å². The summed E-state index contributed by atoms with van der Waals surface area (Å²) in [5.74, 6) is 0. The summed E-state index contributed by atoms with van der Waals surface area (Å²) in [4.78, 5) is 6.62. The van der Waals surface area contributed by atoms with Crippen LogP contribution in [0.1, 0.15) is 25.5 Å². The predicted octanol–water partition coefficient (Wildman–Crippen LogP) is 1.75. The summed E-state index contributed by atoms with van der Waals surface area (Å²) >= 11 is 0. The van der Waals surface area contributed by atoms with Gasteiger partial charge in [0.05, 0.1) is 23.1 Å². The molecule has 82 valence electrons. The molecule has 0 radical (unpaired) electrons. The van der Waals surface area contributed by atoms with Crippen molar-refractivity contribution in [2.75, 3.05) is 25.5 Å². The molecular weight excluding hydrogens is 186 g/mol. The van der Waals surface area contributed by atoms with E-state index in [1.165, 1.54) is 18.5 Å². The highest BCUT2D eigenvalue weighted by atomic mass is 15.1. The second-order valence-electron chi connectivity index (χ2n) is 4.41. The van der Waals surface area contributed by atoms with E-state index in [4.69, 9.17) is 0 Å². The Labute approximate surface area is 91.5 Å². The molecule has 3 heteroatoms. The first-order valence-electron chi connectivity index (χ1n) is 5.57. The fourth-order valence-electron chi connectivity index (χ4n) is 1.92. The van der Waals surface area contributed by atoms with Gasteiger partial charge < -0.3 is 10.2 Å². The smallest absolute Gasteiger partial charge is 0.0610 e. The Morgan fingerprint density at radius 1 is 1.40 bits per heavy atom. The molecule has 1 aromatic rings. The minimum Gasteiger partial charge on any atom is -0.376 e. The Morgan fingerprint density at radius 3 is 2.53 bits per heavy atom. The van der Waals surface area contributed by atoms with E-state index in [1.807, 2.05) is 20.3 Å². The van der Waals surface area contributed by atoms with Gasteiger partial charge in [0, 0.05) is 14.1 Å². The van der Waals surface area contributed by atoms with Crippen LogP contribution in [0.3, 0.4) is 0 Å². The van der Waals surface area contributed by atoms with Crippen molar-refractivity contribution >= 4 is 5.69 Å². The topological polar surface area (TPSA) is 28.2 Å². The van der Waals surface area contributed by atoms with E-state index in [0.717, 1.165) is 12.2 Å². The zero-order valence-electron chi connectivity index (χ0n) is 9.75. The van der Waals surface area contributed by atoms with Gasteiger partial charge in [0.2, 0.25) is 0 Å². The first-order valence-corrected chi connectivity index (χ1v) is 5.57. The Kier molecular flexibility index (Phi) is 2.65. The molecule has 1 heterocycles. The maximum Gasteiger partial charge on any atom is 0.0610 e. The van der Waals surface area contributed by atoms with E-state index in [0.29, 0.717) is 0 Å². The van der Waals surface area contributed by atoms with Gasteiger partial charge in [0.1, 0.15) is 0 Å². The largest absolute Gasteiger partial charge is 0.376 e. The van der Waals surface area contributed by atoms with Crippen LogP contribution in [-0.2, 0) is 5.54 Å². The molecule has 1 N–H and O–H groups in total. The van der Waals surface area contributed by atoms with Crippen molar-refractivity contribution in [3.05, 3.63) is 24.0 Å². The molecule has 0 saturated heterocycles. The second kappa shape index (κ2) is 3.81. The zero-order valence-corrected chi connectivity index (χ0v) is 9.75. The number of nitrogens with zero attached hydrogens (tertiary/aromatic N) is 2. The molecule has 0 amide bonds. The van der Waals surface area contributed by atoms with E-state index < -0.39 is 0 Å². The van der Waals surface area contributed by atoms with Crippen molar-refractivity contribution in [1.29, 1.82) is 0 Å². The van der Waals surface area contributed by atoms with Crippen molar-refractivity contribution in [3.8, 4) is 0 Å². The van der Waals surface area contributed by atoms with Crippen LogP contribution in [-0.4, -0.2) is 25.6 Å². The fraction of sp³-hybridized carbons (Fsp3) is 0.583. The highest BCUT2D eigenvalue weighted by Crippen LogP contribution is 2.44. The summed E-state index contributed by atoms with van der Waals surface area (Å²) in [6.45, 7) is 3.16. The number of pyridine rings is 1. The summed E-state index contributed by atoms with van der Waals surface area (Å²) in [6.07, 6.45) is 4.39. The van der Waals surface area contributed by atoms with Gasteiger partial charge in [0.25, 0.3) is 0 Å². The first kappa shape index (κ1) is 10.4. The lowest BCUT2D eigenvalue weighted by Gasteiger charge is -2.17. The third-order valence-corrected chi connectivity index (χ3v) is 3.02. The normalized spacial score (nSPS) is 17.5. The van der Waals surface area contributed by atoms with Gasteiger partial charge in [0.15, 0.2) is 0 Å². The van der Waals surface area contributed by atoms with E-state index in [2.05, 4.69) is 34.3 Å². The van der Waals surface area contributed by atoms with Gasteiger partial charge in [-0.1, -0.05) is 6.92 Å². The molecule has 1 aliphatic rings. The minimum atomic E-state index is 0.194. The third kappa shape index (κ3) is 1.97. The Balaban J connectivity index is 2.17. The molecule has 0 spiro atoms. The lowest BCUT2D eigenvalue weighted by atomic mass is 10.1. The van der Waals surface area contributed by atoms with Gasteiger partial charge in [-0.2, -0.15) is 0 Å². The van der Waals surface area contributed by atoms with Crippen LogP contribution in [0.4, 0.5) is 5.69 Å². The fourth-order valence-corrected chi connectivity index (χ4v) is 1.92. The number of aromatic nitrogens is 1. The summed E-state index contributed by atoms with van der Waals surface area (Å²) in [5.41, 5.74) is 2.54. The number of hydrogen-bond donors (Lipinski definition) is 1. The molecule has 0 unspecified atom stereocenters. The van der Waals surface area contributed by atoms with Crippen molar-refractivity contribution in [3.63, 3.8) is 0 Å². The number of hydrogen-bond acceptors (Lipinski definition) is 3. The lowest BCUT2D eigenvalue weighted by molar-refractivity contribution is 0.525. The maximum absolute atomic E-state index is 4.55. The number of rotatable bonds is 4. The molecule has 0 bridgehead atoms. The molecule has 15 heavy (non-hydrogen) atoms. The molecule has 3 nitrogen and oxygen atoms in total. The van der Waals surface area contributed by atoms with Crippen LogP contribution >= 0.6 is 0 Å². The van der Waals surface area contributed by atoms with Crippen molar-refractivity contribution in [2.45, 2.75) is 25.3 Å². The van der Waals surface area contributed by atoms with Crippen LogP contribution in [0.5, 0.6) is 0 Å². The first-order chi connectivity index (χ1) is 7.18. The Hall–Kier alpha value is -1.09. The van der Waals surface area contributed by atoms with E-state index >= 15 is 0 Å². The summed E-state index contributed by atoms with van der Waals surface area (Å²) in [6, 6.07) is 4.28. The van der Waals surface area contributed by atoms with Crippen LogP contribution in [0, 0.1) is 0 Å². The second-order valence-corrected chi connectivity index (χ2v) is 4.41. The molecule has 2 rings (SSSR count). The SMILES string of the molecule is CCNC1(c2ccc(N(C)C)cn2)CC1. The van der Waals surface area contributed by atoms with E-state index in [1.54, 1.807) is 0 Å². The van der Waals surface area contributed by atoms with E-state index in [-0.39, 0.29) is 5.54 Å². The van der Waals surface area contributed by atoms with Crippen molar-refractivity contribution in [2.24, 2.45) is 0 Å². The van der Waals surface area contributed by atoms with Gasteiger partial charge in [-0.25, -0.2) is 0 Å². The van der Waals surface area contributed by atoms with Crippen LogP contribution in [0.2, 0.25) is 0 Å². The quantitative estimate of drug-likeness (QED) is 0.811. The van der Waals surface area contributed by atoms with Gasteiger partial charge in [-0.15, -0.1) is 0 Å². The lowest BCUT2D eigenvalue weighted by Crippen LogP contribution is -2.29. The Bertz CT molecular complexity index is 325. The maximum atomic E-state index is 4.55. The van der Waals surface area contributed by atoms with Gasteiger partial charge in [-0.05, 0) is 31.5 Å². The number of nitrogens with one attached hydrogen (secondary N) is 1. The molecule has 0 aliphatic heterocycles. The number of anilines is 1. The molecule has 1 fully saturated rings. The summed E-state index contributed by atoms with van der Waals surface area (Å²) in [5, 5.41) is 3.52. The average molecular weight is 205 g/mol. The highest BCUT2D eigenvalue weighted by molar-refractivity contribution is 5.44. The molecule has 1 saturated carbocycles. The highest BCUT2D eigenvalue weighted by Gasteiger charge is 2.44. The molecular formula is C12H19N3. The summed E-state index contributed by atoms with van der Waals surface area (Å²) in [7, 11) is 4.07. The predicted molar refractivity (Wildman–Crippen MR) is 63.2 cm³/mol. The van der Waals surface area contributed by atoms with Crippen molar-refractivity contribution in [1.82, 2.24) is 10.3 Å². The monoisotopic (exact) mass is 205 g/mol. The van der Waals surface area contributed by atoms with Crippen molar-refractivity contribution < 1.29 is 0 Å². The molecule has 0 aromatic carbocycles. The molecule has 0 atom stereocenters. The van der Waals surface area contributed by atoms with Gasteiger partial charge >= 0.3 is 0 Å². The minimum absolute atomic E-state index is 0.194. The van der Waals surface area contributed by atoms with Crippen LogP contribution in [0.25, 0.3) is 0 Å². The van der Waals surface area contributed by atoms with E-state index in [9.17, 15) is 0 Å². The standard InChI is InChI=1S/C12H19N3/c1-4-14-12(7-8-12)11-6-5-10(9-13-11)15(2)3/h5-6,9,14H,4,7-8H2,1-3H3. The Morgan fingerprint density at radius 2 is 2.13 bits per heavy atom. The van der Waals surface area contributed by atoms with Crippen LogP contribution < -0.4 is 10.2 Å². The summed E-state index contributed by atoms with van der Waals surface area (Å²) < 4.78 is 0. The molecule has 1 aromatic heterocycles.